The maximum atomic E-state index is 8.67. The fourth-order valence-corrected chi connectivity index (χ4v) is 1.61. The van der Waals surface area contributed by atoms with Crippen LogP contribution in [0.1, 0.15) is 5.56 Å². The van der Waals surface area contributed by atoms with Gasteiger partial charge in [0.1, 0.15) is 0 Å². The van der Waals surface area contributed by atoms with Crippen molar-refractivity contribution in [1.82, 2.24) is 9.78 Å². The van der Waals surface area contributed by atoms with E-state index in [9.17, 15) is 0 Å². The Labute approximate surface area is 94.7 Å². The van der Waals surface area contributed by atoms with E-state index in [2.05, 4.69) is 5.10 Å². The highest BCUT2D eigenvalue weighted by molar-refractivity contribution is 5.62. The third kappa shape index (κ3) is 2.20. The first-order valence-corrected chi connectivity index (χ1v) is 5.17. The number of benzene rings is 1. The lowest BCUT2D eigenvalue weighted by Crippen LogP contribution is -1.92. The van der Waals surface area contributed by atoms with Crippen LogP contribution in [0.3, 0.4) is 0 Å². The van der Waals surface area contributed by atoms with E-state index in [1.165, 1.54) is 0 Å². The van der Waals surface area contributed by atoms with Crippen LogP contribution >= 0.6 is 0 Å². The Morgan fingerprint density at radius 1 is 1.25 bits per heavy atom. The molecule has 0 fully saturated rings. The molecule has 0 atom stereocenters. The van der Waals surface area contributed by atoms with Crippen LogP contribution in [0, 0.1) is 0 Å². The van der Waals surface area contributed by atoms with E-state index in [-0.39, 0.29) is 6.61 Å². The Kier molecular flexibility index (Phi) is 3.17. The number of aliphatic hydroxyl groups excluding tert-OH is 1. The van der Waals surface area contributed by atoms with Crippen molar-refractivity contribution in [1.29, 1.82) is 0 Å². The standard InChI is InChI=1S/C13H14N2O/c1-15-13(8-9-14-15)12-6-4-11(5-7-12)3-2-10-16/h2-9,16H,10H2,1H3/b3-2+. The molecule has 0 saturated heterocycles. The molecule has 1 aromatic carbocycles. The maximum absolute atomic E-state index is 8.67. The van der Waals surface area contributed by atoms with Crippen molar-refractivity contribution in [3.05, 3.63) is 48.2 Å². The van der Waals surface area contributed by atoms with Gasteiger partial charge in [0.05, 0.1) is 12.3 Å². The van der Waals surface area contributed by atoms with Gasteiger partial charge in [0.2, 0.25) is 0 Å². The summed E-state index contributed by atoms with van der Waals surface area (Å²) >= 11 is 0. The van der Waals surface area contributed by atoms with E-state index in [1.807, 2.05) is 48.1 Å². The SMILES string of the molecule is Cn1nccc1-c1ccc(/C=C/CO)cc1. The topological polar surface area (TPSA) is 38.0 Å². The van der Waals surface area contributed by atoms with Crippen LogP contribution in [0.2, 0.25) is 0 Å². The highest BCUT2D eigenvalue weighted by Gasteiger charge is 2.00. The molecular formula is C13H14N2O. The van der Waals surface area contributed by atoms with Gasteiger partial charge < -0.3 is 5.11 Å². The van der Waals surface area contributed by atoms with Crippen LogP contribution in [0.15, 0.2) is 42.6 Å². The molecule has 1 aromatic heterocycles. The van der Waals surface area contributed by atoms with E-state index in [1.54, 1.807) is 12.3 Å². The third-order valence-electron chi connectivity index (χ3n) is 2.44. The largest absolute Gasteiger partial charge is 0.392 e. The molecule has 82 valence electrons. The molecule has 3 heteroatoms. The minimum absolute atomic E-state index is 0.0729. The molecule has 1 heterocycles. The number of aromatic nitrogens is 2. The zero-order valence-corrected chi connectivity index (χ0v) is 9.17. The van der Waals surface area contributed by atoms with Crippen molar-refractivity contribution in [2.75, 3.05) is 6.61 Å². The molecule has 0 aliphatic rings. The molecule has 0 aliphatic heterocycles. The molecule has 16 heavy (non-hydrogen) atoms. The summed E-state index contributed by atoms with van der Waals surface area (Å²) in [5.74, 6) is 0. The lowest BCUT2D eigenvalue weighted by Gasteiger charge is -2.02. The van der Waals surface area contributed by atoms with Crippen LogP contribution in [0.5, 0.6) is 0 Å². The van der Waals surface area contributed by atoms with Gasteiger partial charge in [-0.2, -0.15) is 5.10 Å². The van der Waals surface area contributed by atoms with Crippen molar-refractivity contribution in [3.63, 3.8) is 0 Å². The average Bonchev–Trinajstić information content (AvgIpc) is 2.74. The van der Waals surface area contributed by atoms with Crippen LogP contribution in [0.4, 0.5) is 0 Å². The van der Waals surface area contributed by atoms with Crippen molar-refractivity contribution in [3.8, 4) is 11.3 Å². The molecule has 0 aliphatic carbocycles. The Bertz CT molecular complexity index is 483. The maximum Gasteiger partial charge on any atom is 0.0678 e. The summed E-state index contributed by atoms with van der Waals surface area (Å²) in [4.78, 5) is 0. The van der Waals surface area contributed by atoms with Crippen molar-refractivity contribution in [2.45, 2.75) is 0 Å². The van der Waals surface area contributed by atoms with Gasteiger partial charge in [-0.3, -0.25) is 4.68 Å². The minimum atomic E-state index is 0.0729. The lowest BCUT2D eigenvalue weighted by molar-refractivity contribution is 0.343. The lowest BCUT2D eigenvalue weighted by atomic mass is 10.1. The van der Waals surface area contributed by atoms with Gasteiger partial charge >= 0.3 is 0 Å². The molecule has 0 saturated carbocycles. The summed E-state index contributed by atoms with van der Waals surface area (Å²) in [6.07, 6.45) is 5.40. The molecule has 2 rings (SSSR count). The molecule has 0 amide bonds. The Balaban J connectivity index is 2.26. The summed E-state index contributed by atoms with van der Waals surface area (Å²) in [6, 6.07) is 10.1. The van der Waals surface area contributed by atoms with Crippen LogP contribution in [-0.2, 0) is 7.05 Å². The number of nitrogens with zero attached hydrogens (tertiary/aromatic N) is 2. The Morgan fingerprint density at radius 3 is 2.56 bits per heavy atom. The normalized spacial score (nSPS) is 11.1. The number of aliphatic hydroxyl groups is 1. The fourth-order valence-electron chi connectivity index (χ4n) is 1.61. The quantitative estimate of drug-likeness (QED) is 0.849. The van der Waals surface area contributed by atoms with E-state index < -0.39 is 0 Å². The molecule has 3 nitrogen and oxygen atoms in total. The molecule has 2 aromatic rings. The molecular weight excluding hydrogens is 200 g/mol. The molecule has 0 bridgehead atoms. The second-order valence-corrected chi connectivity index (χ2v) is 3.55. The zero-order chi connectivity index (χ0) is 11.4. The van der Waals surface area contributed by atoms with Gasteiger partial charge in [-0.05, 0) is 17.2 Å². The highest BCUT2D eigenvalue weighted by atomic mass is 16.2. The molecule has 0 unspecified atom stereocenters. The van der Waals surface area contributed by atoms with Gasteiger partial charge in [0.25, 0.3) is 0 Å². The van der Waals surface area contributed by atoms with Crippen LogP contribution < -0.4 is 0 Å². The average molecular weight is 214 g/mol. The van der Waals surface area contributed by atoms with Crippen LogP contribution in [0.25, 0.3) is 17.3 Å². The minimum Gasteiger partial charge on any atom is -0.392 e. The second-order valence-electron chi connectivity index (χ2n) is 3.55. The highest BCUT2D eigenvalue weighted by Crippen LogP contribution is 2.18. The van der Waals surface area contributed by atoms with Crippen molar-refractivity contribution in [2.24, 2.45) is 7.05 Å². The zero-order valence-electron chi connectivity index (χ0n) is 9.17. The summed E-state index contributed by atoms with van der Waals surface area (Å²) in [5, 5.41) is 12.8. The number of hydrogen-bond acceptors (Lipinski definition) is 2. The summed E-state index contributed by atoms with van der Waals surface area (Å²) in [7, 11) is 1.93. The number of aryl methyl sites for hydroxylation is 1. The fraction of sp³-hybridized carbons (Fsp3) is 0.154. The predicted molar refractivity (Wildman–Crippen MR) is 64.8 cm³/mol. The van der Waals surface area contributed by atoms with E-state index in [0.29, 0.717) is 0 Å². The van der Waals surface area contributed by atoms with E-state index in [4.69, 9.17) is 5.11 Å². The first kappa shape index (κ1) is 10.6. The smallest absolute Gasteiger partial charge is 0.0678 e. The number of rotatable bonds is 3. The Morgan fingerprint density at radius 2 is 2.00 bits per heavy atom. The van der Waals surface area contributed by atoms with E-state index >= 15 is 0 Å². The second kappa shape index (κ2) is 4.77. The van der Waals surface area contributed by atoms with Gasteiger partial charge in [0.15, 0.2) is 0 Å². The monoisotopic (exact) mass is 214 g/mol. The van der Waals surface area contributed by atoms with E-state index in [0.717, 1.165) is 16.8 Å². The van der Waals surface area contributed by atoms with Gasteiger partial charge in [-0.15, -0.1) is 0 Å². The molecule has 1 N–H and O–H groups in total. The number of hydrogen-bond donors (Lipinski definition) is 1. The summed E-state index contributed by atoms with van der Waals surface area (Å²) in [5.41, 5.74) is 3.32. The molecule has 0 spiro atoms. The molecule has 0 radical (unpaired) electrons. The van der Waals surface area contributed by atoms with Crippen molar-refractivity contribution < 1.29 is 5.11 Å². The van der Waals surface area contributed by atoms with Gasteiger partial charge in [0, 0.05) is 13.2 Å². The summed E-state index contributed by atoms with van der Waals surface area (Å²) < 4.78 is 1.85. The first-order chi connectivity index (χ1) is 7.81. The predicted octanol–water partition coefficient (Wildman–Crippen LogP) is 2.09. The third-order valence-corrected chi connectivity index (χ3v) is 2.44. The Hall–Kier alpha value is -1.87. The summed E-state index contributed by atoms with van der Waals surface area (Å²) in [6.45, 7) is 0.0729. The van der Waals surface area contributed by atoms with Crippen molar-refractivity contribution >= 4 is 6.08 Å². The first-order valence-electron chi connectivity index (χ1n) is 5.17. The van der Waals surface area contributed by atoms with Crippen LogP contribution in [-0.4, -0.2) is 21.5 Å². The van der Waals surface area contributed by atoms with Gasteiger partial charge in [-0.1, -0.05) is 36.4 Å². The van der Waals surface area contributed by atoms with Gasteiger partial charge in [-0.25, -0.2) is 0 Å².